The third-order valence-corrected chi connectivity index (χ3v) is 5.60. The molecule has 2 aliphatic rings. The number of methoxy groups -OCH3 is 1. The summed E-state index contributed by atoms with van der Waals surface area (Å²) in [4.78, 5) is 39.3. The van der Waals surface area contributed by atoms with Gasteiger partial charge in [0.15, 0.2) is 0 Å². The molecular weight excluding hydrogens is 360 g/mol. The second kappa shape index (κ2) is 8.63. The number of esters is 1. The third kappa shape index (κ3) is 4.13. The molecule has 2 fully saturated rings. The van der Waals surface area contributed by atoms with Crippen molar-refractivity contribution in [1.29, 1.82) is 0 Å². The lowest BCUT2D eigenvalue weighted by Gasteiger charge is -2.35. The Morgan fingerprint density at radius 2 is 1.86 bits per heavy atom. The van der Waals surface area contributed by atoms with Crippen LogP contribution in [0, 0.1) is 5.92 Å². The number of amides is 2. The van der Waals surface area contributed by atoms with Crippen LogP contribution in [0.4, 0.5) is 5.69 Å². The number of carbonyl (C=O) groups is 3. The second-order valence-corrected chi connectivity index (χ2v) is 7.46. The molecule has 0 bridgehead atoms. The van der Waals surface area contributed by atoms with E-state index in [0.717, 1.165) is 30.7 Å². The van der Waals surface area contributed by atoms with E-state index in [9.17, 15) is 14.4 Å². The maximum absolute atomic E-state index is 12.9. The van der Waals surface area contributed by atoms with Gasteiger partial charge in [-0.1, -0.05) is 19.3 Å². The van der Waals surface area contributed by atoms with Gasteiger partial charge in [0.25, 0.3) is 0 Å². The van der Waals surface area contributed by atoms with E-state index in [1.54, 1.807) is 4.90 Å². The highest BCUT2D eigenvalue weighted by molar-refractivity contribution is 6.01. The number of hydrogen-bond donors (Lipinski definition) is 1. The Kier molecular flexibility index (Phi) is 6.21. The van der Waals surface area contributed by atoms with Crippen molar-refractivity contribution < 1.29 is 23.9 Å². The van der Waals surface area contributed by atoms with Gasteiger partial charge in [0.1, 0.15) is 11.3 Å². The number of hydrogen-bond acceptors (Lipinski definition) is 5. The summed E-state index contributed by atoms with van der Waals surface area (Å²) in [5, 5.41) is 2.93. The number of benzene rings is 1. The molecule has 0 spiro atoms. The Balaban J connectivity index is 1.68. The Hall–Kier alpha value is -2.57. The predicted molar refractivity (Wildman–Crippen MR) is 104 cm³/mol. The molecule has 28 heavy (non-hydrogen) atoms. The van der Waals surface area contributed by atoms with Crippen LogP contribution in [0.25, 0.3) is 0 Å². The molecule has 1 atom stereocenters. The van der Waals surface area contributed by atoms with Crippen molar-refractivity contribution in [3.05, 3.63) is 24.3 Å². The highest BCUT2D eigenvalue weighted by Gasteiger charge is 2.44. The van der Waals surface area contributed by atoms with Crippen LogP contribution < -0.4 is 15.0 Å². The molecule has 152 valence electrons. The fraction of sp³-hybridized carbons (Fsp3) is 0.571. The molecular formula is C21H28N2O5. The molecule has 1 saturated heterocycles. The molecule has 1 saturated carbocycles. The molecule has 0 unspecified atom stereocenters. The Morgan fingerprint density at radius 1 is 1.18 bits per heavy atom. The van der Waals surface area contributed by atoms with Crippen molar-refractivity contribution in [1.82, 2.24) is 5.32 Å². The summed E-state index contributed by atoms with van der Waals surface area (Å²) < 4.78 is 10.4. The second-order valence-electron chi connectivity index (χ2n) is 7.46. The predicted octanol–water partition coefficient (Wildman–Crippen LogP) is 2.43. The monoisotopic (exact) mass is 388 g/mol. The molecule has 7 nitrogen and oxygen atoms in total. The van der Waals surface area contributed by atoms with Gasteiger partial charge in [-0.3, -0.25) is 9.59 Å². The fourth-order valence-corrected chi connectivity index (χ4v) is 4.09. The Bertz CT molecular complexity index is 725. The van der Waals surface area contributed by atoms with E-state index < -0.39 is 17.4 Å². The van der Waals surface area contributed by atoms with Crippen molar-refractivity contribution in [3.63, 3.8) is 0 Å². The van der Waals surface area contributed by atoms with E-state index in [-0.39, 0.29) is 18.2 Å². The third-order valence-electron chi connectivity index (χ3n) is 5.60. The molecule has 0 aromatic heterocycles. The molecule has 2 amide bonds. The summed E-state index contributed by atoms with van der Waals surface area (Å²) in [7, 11) is 1.34. The zero-order valence-corrected chi connectivity index (χ0v) is 16.5. The lowest BCUT2D eigenvalue weighted by atomic mass is 9.81. The average Bonchev–Trinajstić information content (AvgIpc) is 3.11. The summed E-state index contributed by atoms with van der Waals surface area (Å²) >= 11 is 0. The minimum atomic E-state index is -0.959. The van der Waals surface area contributed by atoms with Gasteiger partial charge in [0.05, 0.1) is 19.6 Å². The largest absolute Gasteiger partial charge is 0.494 e. The van der Waals surface area contributed by atoms with Crippen molar-refractivity contribution in [2.24, 2.45) is 5.92 Å². The van der Waals surface area contributed by atoms with E-state index in [1.165, 1.54) is 7.11 Å². The SMILES string of the molecule is CCOc1ccc(N2C[C@H](C(=O)NC3(C(=O)OC)CCCCC3)CC2=O)cc1. The first kappa shape index (κ1) is 20.2. The van der Waals surface area contributed by atoms with Crippen LogP contribution in [-0.2, 0) is 19.1 Å². The number of ether oxygens (including phenoxy) is 2. The summed E-state index contributed by atoms with van der Waals surface area (Å²) in [6.07, 6.45) is 4.08. The van der Waals surface area contributed by atoms with E-state index in [4.69, 9.17) is 9.47 Å². The van der Waals surface area contributed by atoms with Crippen LogP contribution in [0.5, 0.6) is 5.75 Å². The first-order valence-electron chi connectivity index (χ1n) is 9.93. The van der Waals surface area contributed by atoms with Gasteiger partial charge < -0.3 is 19.7 Å². The molecule has 1 aromatic carbocycles. The minimum Gasteiger partial charge on any atom is -0.494 e. The van der Waals surface area contributed by atoms with E-state index in [2.05, 4.69) is 5.32 Å². The van der Waals surface area contributed by atoms with E-state index in [1.807, 2.05) is 31.2 Å². The topological polar surface area (TPSA) is 84.9 Å². The Morgan fingerprint density at radius 3 is 2.46 bits per heavy atom. The van der Waals surface area contributed by atoms with Gasteiger partial charge in [-0.25, -0.2) is 4.79 Å². The van der Waals surface area contributed by atoms with Gasteiger partial charge in [-0.05, 0) is 44.0 Å². The lowest BCUT2D eigenvalue weighted by molar-refractivity contribution is -0.153. The van der Waals surface area contributed by atoms with Crippen LogP contribution in [0.2, 0.25) is 0 Å². The molecule has 1 aromatic rings. The lowest BCUT2D eigenvalue weighted by Crippen LogP contribution is -2.57. The maximum atomic E-state index is 12.9. The highest BCUT2D eigenvalue weighted by Crippen LogP contribution is 2.32. The normalized spacial score (nSPS) is 21.3. The minimum absolute atomic E-state index is 0.0972. The van der Waals surface area contributed by atoms with Gasteiger partial charge in [0, 0.05) is 18.7 Å². The van der Waals surface area contributed by atoms with Crippen molar-refractivity contribution in [2.75, 3.05) is 25.2 Å². The molecule has 1 aliphatic carbocycles. The van der Waals surface area contributed by atoms with Crippen molar-refractivity contribution >= 4 is 23.5 Å². The van der Waals surface area contributed by atoms with Gasteiger partial charge >= 0.3 is 5.97 Å². The summed E-state index contributed by atoms with van der Waals surface area (Å²) in [5.74, 6) is -0.491. The van der Waals surface area contributed by atoms with E-state index in [0.29, 0.717) is 26.0 Å². The van der Waals surface area contributed by atoms with Crippen LogP contribution in [-0.4, -0.2) is 43.6 Å². The molecule has 3 rings (SSSR count). The number of anilines is 1. The van der Waals surface area contributed by atoms with Gasteiger partial charge in [0.2, 0.25) is 11.8 Å². The standard InChI is InChI=1S/C21H28N2O5/c1-3-28-17-9-7-16(8-10-17)23-14-15(13-18(23)24)19(25)22-21(20(26)27-2)11-5-4-6-12-21/h7-10,15H,3-6,11-14H2,1-2H3,(H,22,25)/t15-/m1/s1. The van der Waals surface area contributed by atoms with Crippen LogP contribution in [0.1, 0.15) is 45.4 Å². The Labute approximate surface area is 165 Å². The molecule has 1 heterocycles. The fourth-order valence-electron chi connectivity index (χ4n) is 4.09. The zero-order chi connectivity index (χ0) is 20.1. The molecule has 1 aliphatic heterocycles. The number of nitrogens with zero attached hydrogens (tertiary/aromatic N) is 1. The highest BCUT2D eigenvalue weighted by atomic mass is 16.5. The van der Waals surface area contributed by atoms with Gasteiger partial charge in [-0.2, -0.15) is 0 Å². The first-order valence-corrected chi connectivity index (χ1v) is 9.93. The smallest absolute Gasteiger partial charge is 0.331 e. The molecule has 1 N–H and O–H groups in total. The van der Waals surface area contributed by atoms with Crippen molar-refractivity contribution in [2.45, 2.75) is 51.0 Å². The summed E-state index contributed by atoms with van der Waals surface area (Å²) in [6, 6.07) is 7.27. The molecule has 0 radical (unpaired) electrons. The number of nitrogens with one attached hydrogen (secondary N) is 1. The summed E-state index contributed by atoms with van der Waals surface area (Å²) in [5.41, 5.74) is -0.219. The van der Waals surface area contributed by atoms with Crippen molar-refractivity contribution in [3.8, 4) is 5.75 Å². The van der Waals surface area contributed by atoms with Gasteiger partial charge in [-0.15, -0.1) is 0 Å². The first-order chi connectivity index (χ1) is 13.5. The van der Waals surface area contributed by atoms with E-state index >= 15 is 0 Å². The van der Waals surface area contributed by atoms with Crippen LogP contribution in [0.3, 0.4) is 0 Å². The zero-order valence-electron chi connectivity index (χ0n) is 16.5. The quantitative estimate of drug-likeness (QED) is 0.757. The maximum Gasteiger partial charge on any atom is 0.331 e. The number of carbonyl (C=O) groups excluding carboxylic acids is 3. The average molecular weight is 388 g/mol. The van der Waals surface area contributed by atoms with Crippen LogP contribution >= 0.6 is 0 Å². The number of rotatable bonds is 6. The summed E-state index contributed by atoms with van der Waals surface area (Å²) in [6.45, 7) is 2.79. The van der Waals surface area contributed by atoms with Crippen LogP contribution in [0.15, 0.2) is 24.3 Å². The molecule has 7 heteroatoms.